The molecule has 0 aromatic heterocycles. The minimum Gasteiger partial charge on any atom is -0.369 e. The molecule has 0 saturated carbocycles. The van der Waals surface area contributed by atoms with Crippen LogP contribution in [-0.2, 0) is 12.8 Å². The Bertz CT molecular complexity index is 945. The molecular formula is C20H18ClN3. The first kappa shape index (κ1) is 15.0. The van der Waals surface area contributed by atoms with Gasteiger partial charge in [0.05, 0.1) is 5.69 Å². The third-order valence-corrected chi connectivity index (χ3v) is 4.89. The number of hydrogen-bond acceptors (Lipinski definition) is 1. The van der Waals surface area contributed by atoms with Crippen LogP contribution in [0, 0.1) is 0 Å². The zero-order chi connectivity index (χ0) is 16.7. The van der Waals surface area contributed by atoms with Crippen LogP contribution in [0.3, 0.4) is 0 Å². The van der Waals surface area contributed by atoms with E-state index in [1.165, 1.54) is 21.9 Å². The van der Waals surface area contributed by atoms with Crippen molar-refractivity contribution in [2.24, 2.45) is 10.7 Å². The quantitative estimate of drug-likeness (QED) is 0.546. The van der Waals surface area contributed by atoms with Gasteiger partial charge in [0.2, 0.25) is 5.96 Å². The van der Waals surface area contributed by atoms with Crippen LogP contribution in [0.1, 0.15) is 11.1 Å². The van der Waals surface area contributed by atoms with Gasteiger partial charge in [-0.25, -0.2) is 4.99 Å². The highest BCUT2D eigenvalue weighted by Gasteiger charge is 2.20. The van der Waals surface area contributed by atoms with E-state index in [2.05, 4.69) is 35.3 Å². The average Bonchev–Trinajstić information content (AvgIpc) is 3.03. The topological polar surface area (TPSA) is 41.6 Å². The van der Waals surface area contributed by atoms with Gasteiger partial charge in [0.25, 0.3) is 0 Å². The number of halogens is 1. The Labute approximate surface area is 146 Å². The minimum atomic E-state index is 0.470. The zero-order valence-corrected chi connectivity index (χ0v) is 14.2. The summed E-state index contributed by atoms with van der Waals surface area (Å²) in [6, 6.07) is 18.2. The maximum atomic E-state index is 6.25. The summed E-state index contributed by atoms with van der Waals surface area (Å²) in [6.07, 6.45) is 2.14. The van der Waals surface area contributed by atoms with E-state index in [0.717, 1.165) is 24.2 Å². The van der Waals surface area contributed by atoms with Crippen LogP contribution in [0.5, 0.6) is 0 Å². The predicted molar refractivity (Wildman–Crippen MR) is 102 cm³/mol. The fraction of sp³-hybridized carbons (Fsp3) is 0.150. The molecule has 2 N–H and O–H groups in total. The molecule has 0 fully saturated rings. The molecule has 0 bridgehead atoms. The van der Waals surface area contributed by atoms with Crippen LogP contribution in [0.25, 0.3) is 10.8 Å². The van der Waals surface area contributed by atoms with Gasteiger partial charge in [-0.1, -0.05) is 35.9 Å². The summed E-state index contributed by atoms with van der Waals surface area (Å²) in [5.74, 6) is 0.470. The lowest BCUT2D eigenvalue weighted by atomic mass is 10.0. The molecule has 0 unspecified atom stereocenters. The Balaban J connectivity index is 1.74. The Hall–Kier alpha value is -2.52. The molecule has 4 heteroatoms. The highest BCUT2D eigenvalue weighted by molar-refractivity contribution is 6.30. The average molecular weight is 336 g/mol. The molecule has 0 heterocycles. The fourth-order valence-electron chi connectivity index (χ4n) is 3.41. The first-order valence-electron chi connectivity index (χ1n) is 8.00. The van der Waals surface area contributed by atoms with Crippen molar-refractivity contribution in [3.63, 3.8) is 0 Å². The highest BCUT2D eigenvalue weighted by atomic mass is 35.5. The molecule has 0 aliphatic heterocycles. The first-order valence-corrected chi connectivity index (χ1v) is 8.38. The molecule has 1 aliphatic carbocycles. The van der Waals surface area contributed by atoms with Crippen molar-refractivity contribution in [1.29, 1.82) is 0 Å². The van der Waals surface area contributed by atoms with E-state index in [1.54, 1.807) is 0 Å². The molecule has 3 aromatic carbocycles. The molecule has 0 radical (unpaired) electrons. The largest absolute Gasteiger partial charge is 0.369 e. The van der Waals surface area contributed by atoms with Gasteiger partial charge in [-0.3, -0.25) is 0 Å². The van der Waals surface area contributed by atoms with Crippen LogP contribution in [0.2, 0.25) is 5.02 Å². The molecule has 0 saturated heterocycles. The van der Waals surface area contributed by atoms with Gasteiger partial charge in [0.15, 0.2) is 0 Å². The number of aliphatic imine (C=N–C) groups is 1. The Kier molecular flexibility index (Phi) is 3.66. The lowest BCUT2D eigenvalue weighted by Crippen LogP contribution is -2.34. The summed E-state index contributed by atoms with van der Waals surface area (Å²) in [5, 5.41) is 3.36. The molecule has 24 heavy (non-hydrogen) atoms. The molecule has 1 aliphatic rings. The van der Waals surface area contributed by atoms with Crippen molar-refractivity contribution >= 4 is 39.7 Å². The fourth-order valence-corrected chi connectivity index (χ4v) is 3.53. The SMILES string of the molecule is CN(C(N)=Nc1ccc(Cl)cc1)c1ccc2cccc3c2c1CC3. The van der Waals surface area contributed by atoms with Gasteiger partial charge in [-0.2, -0.15) is 0 Å². The van der Waals surface area contributed by atoms with E-state index in [4.69, 9.17) is 17.3 Å². The first-order chi connectivity index (χ1) is 11.6. The third kappa shape index (κ3) is 2.51. The van der Waals surface area contributed by atoms with Crippen molar-refractivity contribution in [2.45, 2.75) is 12.8 Å². The molecule has 3 nitrogen and oxygen atoms in total. The van der Waals surface area contributed by atoms with Crippen LogP contribution in [-0.4, -0.2) is 13.0 Å². The summed E-state index contributed by atoms with van der Waals surface area (Å²) in [5.41, 5.74) is 11.0. The van der Waals surface area contributed by atoms with Crippen LogP contribution >= 0.6 is 11.6 Å². The number of benzene rings is 3. The number of aryl methyl sites for hydroxylation is 2. The van der Waals surface area contributed by atoms with E-state index in [0.29, 0.717) is 11.0 Å². The van der Waals surface area contributed by atoms with Gasteiger partial charge >= 0.3 is 0 Å². The lowest BCUT2D eigenvalue weighted by Gasteiger charge is -2.21. The van der Waals surface area contributed by atoms with Crippen molar-refractivity contribution < 1.29 is 0 Å². The van der Waals surface area contributed by atoms with Crippen molar-refractivity contribution in [3.8, 4) is 0 Å². The van der Waals surface area contributed by atoms with Crippen LogP contribution < -0.4 is 10.6 Å². The molecule has 4 rings (SSSR count). The second-order valence-electron chi connectivity index (χ2n) is 6.08. The normalized spacial score (nSPS) is 13.5. The van der Waals surface area contributed by atoms with Gasteiger partial charge in [-0.05, 0) is 65.1 Å². The summed E-state index contributed by atoms with van der Waals surface area (Å²) in [7, 11) is 1.97. The van der Waals surface area contributed by atoms with E-state index in [1.807, 2.05) is 36.2 Å². The second kappa shape index (κ2) is 5.84. The van der Waals surface area contributed by atoms with E-state index in [9.17, 15) is 0 Å². The van der Waals surface area contributed by atoms with Crippen molar-refractivity contribution in [3.05, 3.63) is 70.7 Å². The minimum absolute atomic E-state index is 0.470. The van der Waals surface area contributed by atoms with Crippen molar-refractivity contribution in [1.82, 2.24) is 0 Å². The number of nitrogens with zero attached hydrogens (tertiary/aromatic N) is 2. The number of nitrogens with two attached hydrogens (primary N) is 1. The standard InChI is InChI=1S/C20H18ClN3/c1-24(20(22)23-16-9-7-15(21)8-10-16)18-12-6-14-4-2-3-13-5-11-17(18)19(13)14/h2-4,6-10,12H,5,11H2,1H3,(H2,22,23). The van der Waals surface area contributed by atoms with E-state index >= 15 is 0 Å². The summed E-state index contributed by atoms with van der Waals surface area (Å²) >= 11 is 5.92. The number of guanidine groups is 1. The van der Waals surface area contributed by atoms with Crippen LogP contribution in [0.15, 0.2) is 59.6 Å². The molecule has 0 amide bonds. The van der Waals surface area contributed by atoms with Gasteiger partial charge in [0, 0.05) is 17.8 Å². The molecular weight excluding hydrogens is 318 g/mol. The summed E-state index contributed by atoms with van der Waals surface area (Å²) in [4.78, 5) is 6.47. The highest BCUT2D eigenvalue weighted by Crippen LogP contribution is 2.37. The molecule has 120 valence electrons. The van der Waals surface area contributed by atoms with Crippen LogP contribution in [0.4, 0.5) is 11.4 Å². The Morgan fingerprint density at radius 1 is 1.04 bits per heavy atom. The van der Waals surface area contributed by atoms with Gasteiger partial charge in [-0.15, -0.1) is 0 Å². The maximum absolute atomic E-state index is 6.25. The van der Waals surface area contributed by atoms with E-state index < -0.39 is 0 Å². The maximum Gasteiger partial charge on any atom is 0.200 e. The van der Waals surface area contributed by atoms with Gasteiger partial charge < -0.3 is 10.6 Å². The van der Waals surface area contributed by atoms with E-state index in [-0.39, 0.29) is 0 Å². The number of anilines is 1. The molecule has 3 aromatic rings. The van der Waals surface area contributed by atoms with Gasteiger partial charge in [0.1, 0.15) is 0 Å². The smallest absolute Gasteiger partial charge is 0.200 e. The molecule has 0 spiro atoms. The Morgan fingerprint density at radius 2 is 1.83 bits per heavy atom. The summed E-state index contributed by atoms with van der Waals surface area (Å²) in [6.45, 7) is 0. The Morgan fingerprint density at radius 3 is 2.62 bits per heavy atom. The monoisotopic (exact) mass is 335 g/mol. The number of rotatable bonds is 2. The number of hydrogen-bond donors (Lipinski definition) is 1. The third-order valence-electron chi connectivity index (χ3n) is 4.63. The molecule has 0 atom stereocenters. The predicted octanol–water partition coefficient (Wildman–Crippen LogP) is 4.67. The second-order valence-corrected chi connectivity index (χ2v) is 6.52. The van der Waals surface area contributed by atoms with Crippen molar-refractivity contribution in [2.75, 3.05) is 11.9 Å². The zero-order valence-electron chi connectivity index (χ0n) is 13.5. The summed E-state index contributed by atoms with van der Waals surface area (Å²) < 4.78 is 0. The lowest BCUT2D eigenvalue weighted by molar-refractivity contribution is 1.02.